The molecule has 1 rings (SSSR count). The quantitative estimate of drug-likeness (QED) is 0.411. The van der Waals surface area contributed by atoms with Crippen LogP contribution in [0.1, 0.15) is 53.4 Å². The van der Waals surface area contributed by atoms with Crippen molar-refractivity contribution in [3.05, 3.63) is 0 Å². The second kappa shape index (κ2) is 9.87. The van der Waals surface area contributed by atoms with Crippen LogP contribution in [-0.4, -0.2) is 25.1 Å². The van der Waals surface area contributed by atoms with Gasteiger partial charge >= 0.3 is 0 Å². The molecule has 1 aliphatic rings. The normalized spacial score (nSPS) is 17.3. The number of rotatable bonds is 7. The predicted octanol–water partition coefficient (Wildman–Crippen LogP) is 3.39. The summed E-state index contributed by atoms with van der Waals surface area (Å²) in [4.78, 5) is 4.64. The van der Waals surface area contributed by atoms with Gasteiger partial charge in [0, 0.05) is 19.1 Å². The van der Waals surface area contributed by atoms with Crippen molar-refractivity contribution in [3.63, 3.8) is 0 Å². The van der Waals surface area contributed by atoms with Crippen molar-refractivity contribution < 1.29 is 0 Å². The molecular formula is C14H30IN3. The highest BCUT2D eigenvalue weighted by molar-refractivity contribution is 14.0. The van der Waals surface area contributed by atoms with E-state index in [1.54, 1.807) is 0 Å². The Kier molecular flexibility index (Phi) is 9.87. The number of hydrogen-bond donors (Lipinski definition) is 2. The van der Waals surface area contributed by atoms with Gasteiger partial charge in [0.15, 0.2) is 5.96 Å². The Morgan fingerprint density at radius 2 is 1.89 bits per heavy atom. The summed E-state index contributed by atoms with van der Waals surface area (Å²) in [6, 6.07) is 0.509. The molecule has 0 radical (unpaired) electrons. The number of nitrogens with one attached hydrogen (secondary N) is 2. The van der Waals surface area contributed by atoms with Gasteiger partial charge < -0.3 is 10.6 Å². The zero-order valence-electron chi connectivity index (χ0n) is 12.3. The molecule has 4 heteroatoms. The van der Waals surface area contributed by atoms with Crippen LogP contribution >= 0.6 is 24.0 Å². The van der Waals surface area contributed by atoms with Crippen molar-refractivity contribution >= 4 is 29.9 Å². The van der Waals surface area contributed by atoms with E-state index in [0.29, 0.717) is 6.04 Å². The number of nitrogens with zero attached hydrogens (tertiary/aromatic N) is 1. The van der Waals surface area contributed by atoms with E-state index in [1.807, 2.05) is 0 Å². The highest BCUT2D eigenvalue weighted by atomic mass is 127. The first-order valence-electron chi connectivity index (χ1n) is 7.16. The SMILES string of the molecule is CCNC(=NCC1CC1)NC(C)CCC(C)C.I. The Labute approximate surface area is 130 Å². The summed E-state index contributed by atoms with van der Waals surface area (Å²) in [5.74, 6) is 2.64. The molecule has 1 fully saturated rings. The highest BCUT2D eigenvalue weighted by Gasteiger charge is 2.20. The largest absolute Gasteiger partial charge is 0.357 e. The number of hydrogen-bond acceptors (Lipinski definition) is 1. The number of aliphatic imine (C=N–C) groups is 1. The molecule has 2 N–H and O–H groups in total. The molecule has 1 unspecified atom stereocenters. The van der Waals surface area contributed by atoms with E-state index in [1.165, 1.54) is 25.7 Å². The topological polar surface area (TPSA) is 36.4 Å². The molecular weight excluding hydrogens is 337 g/mol. The van der Waals surface area contributed by atoms with E-state index < -0.39 is 0 Å². The van der Waals surface area contributed by atoms with Crippen LogP contribution < -0.4 is 10.6 Å². The van der Waals surface area contributed by atoms with E-state index in [-0.39, 0.29) is 24.0 Å². The molecule has 1 saturated carbocycles. The fourth-order valence-electron chi connectivity index (χ4n) is 1.73. The summed E-state index contributed by atoms with van der Waals surface area (Å²) >= 11 is 0. The third-order valence-corrected chi connectivity index (χ3v) is 3.11. The van der Waals surface area contributed by atoms with Crippen LogP contribution in [0.15, 0.2) is 4.99 Å². The maximum atomic E-state index is 4.64. The Bertz CT molecular complexity index is 237. The van der Waals surface area contributed by atoms with Crippen LogP contribution in [0.3, 0.4) is 0 Å². The van der Waals surface area contributed by atoms with E-state index >= 15 is 0 Å². The summed E-state index contributed by atoms with van der Waals surface area (Å²) in [5.41, 5.74) is 0. The van der Waals surface area contributed by atoms with Gasteiger partial charge in [-0.2, -0.15) is 0 Å². The van der Waals surface area contributed by atoms with Crippen LogP contribution in [0.4, 0.5) is 0 Å². The van der Waals surface area contributed by atoms with Crippen molar-refractivity contribution in [1.82, 2.24) is 10.6 Å². The summed E-state index contributed by atoms with van der Waals surface area (Å²) < 4.78 is 0. The van der Waals surface area contributed by atoms with Gasteiger partial charge in [-0.1, -0.05) is 13.8 Å². The lowest BCUT2D eigenvalue weighted by atomic mass is 10.0. The summed E-state index contributed by atoms with van der Waals surface area (Å²) in [6.45, 7) is 10.8. The van der Waals surface area contributed by atoms with Crippen molar-refractivity contribution in [2.24, 2.45) is 16.8 Å². The fraction of sp³-hybridized carbons (Fsp3) is 0.929. The maximum Gasteiger partial charge on any atom is 0.191 e. The second-order valence-electron chi connectivity index (χ2n) is 5.68. The molecule has 0 heterocycles. The zero-order valence-corrected chi connectivity index (χ0v) is 14.7. The van der Waals surface area contributed by atoms with Gasteiger partial charge in [0.2, 0.25) is 0 Å². The predicted molar refractivity (Wildman–Crippen MR) is 90.8 cm³/mol. The van der Waals surface area contributed by atoms with Crippen molar-refractivity contribution in [2.45, 2.75) is 59.4 Å². The lowest BCUT2D eigenvalue weighted by Gasteiger charge is -2.18. The molecule has 0 amide bonds. The Hall–Kier alpha value is 0. The van der Waals surface area contributed by atoms with Crippen molar-refractivity contribution in [2.75, 3.05) is 13.1 Å². The summed E-state index contributed by atoms with van der Waals surface area (Å²) in [5, 5.41) is 6.82. The minimum Gasteiger partial charge on any atom is -0.357 e. The van der Waals surface area contributed by atoms with E-state index in [9.17, 15) is 0 Å². The highest BCUT2D eigenvalue weighted by Crippen LogP contribution is 2.28. The van der Waals surface area contributed by atoms with Gasteiger partial charge in [0.25, 0.3) is 0 Å². The third-order valence-electron chi connectivity index (χ3n) is 3.11. The minimum absolute atomic E-state index is 0. The fourth-order valence-corrected chi connectivity index (χ4v) is 1.73. The van der Waals surface area contributed by atoms with E-state index in [4.69, 9.17) is 0 Å². The Morgan fingerprint density at radius 3 is 2.39 bits per heavy atom. The number of guanidine groups is 1. The van der Waals surface area contributed by atoms with Crippen LogP contribution in [-0.2, 0) is 0 Å². The first-order valence-corrected chi connectivity index (χ1v) is 7.16. The van der Waals surface area contributed by atoms with Gasteiger partial charge in [-0.15, -0.1) is 24.0 Å². The van der Waals surface area contributed by atoms with Gasteiger partial charge in [-0.3, -0.25) is 4.99 Å². The average Bonchev–Trinajstić information content (AvgIpc) is 3.07. The van der Waals surface area contributed by atoms with E-state index in [0.717, 1.165) is 30.9 Å². The summed E-state index contributed by atoms with van der Waals surface area (Å²) in [7, 11) is 0. The summed E-state index contributed by atoms with van der Waals surface area (Å²) in [6.07, 6.45) is 5.22. The molecule has 3 nitrogen and oxygen atoms in total. The monoisotopic (exact) mass is 367 g/mol. The van der Waals surface area contributed by atoms with Crippen LogP contribution in [0, 0.1) is 11.8 Å². The van der Waals surface area contributed by atoms with Crippen LogP contribution in [0.5, 0.6) is 0 Å². The maximum absolute atomic E-state index is 4.64. The first kappa shape index (κ1) is 18.0. The van der Waals surface area contributed by atoms with Crippen molar-refractivity contribution in [3.8, 4) is 0 Å². The zero-order chi connectivity index (χ0) is 12.7. The molecule has 18 heavy (non-hydrogen) atoms. The Morgan fingerprint density at radius 1 is 1.22 bits per heavy atom. The molecule has 0 aliphatic heterocycles. The molecule has 0 aromatic carbocycles. The average molecular weight is 367 g/mol. The first-order chi connectivity index (χ1) is 8.11. The molecule has 0 saturated heterocycles. The number of halogens is 1. The smallest absolute Gasteiger partial charge is 0.191 e. The Balaban J connectivity index is 0.00000289. The molecule has 0 aromatic rings. The molecule has 0 aromatic heterocycles. The lowest BCUT2D eigenvalue weighted by molar-refractivity contribution is 0.489. The third kappa shape index (κ3) is 9.00. The molecule has 1 aliphatic carbocycles. The lowest BCUT2D eigenvalue weighted by Crippen LogP contribution is -2.42. The van der Waals surface area contributed by atoms with E-state index in [2.05, 4.69) is 43.3 Å². The van der Waals surface area contributed by atoms with Crippen molar-refractivity contribution in [1.29, 1.82) is 0 Å². The molecule has 0 spiro atoms. The van der Waals surface area contributed by atoms with Crippen LogP contribution in [0.2, 0.25) is 0 Å². The van der Waals surface area contributed by atoms with Gasteiger partial charge in [0.05, 0.1) is 0 Å². The molecule has 0 bridgehead atoms. The second-order valence-corrected chi connectivity index (χ2v) is 5.68. The van der Waals surface area contributed by atoms with Gasteiger partial charge in [-0.25, -0.2) is 0 Å². The molecule has 108 valence electrons. The molecule has 1 atom stereocenters. The standard InChI is InChI=1S/C14H29N3.HI/c1-5-15-14(16-10-13-8-9-13)17-12(4)7-6-11(2)3;/h11-13H,5-10H2,1-4H3,(H2,15,16,17);1H. The van der Waals surface area contributed by atoms with Crippen LogP contribution in [0.25, 0.3) is 0 Å². The minimum atomic E-state index is 0. The van der Waals surface area contributed by atoms with Gasteiger partial charge in [-0.05, 0) is 51.4 Å². The van der Waals surface area contributed by atoms with Gasteiger partial charge in [0.1, 0.15) is 0 Å².